The number of amides is 1. The molecule has 0 spiro atoms. The number of nitriles is 1. The van der Waals surface area contributed by atoms with Gasteiger partial charge in [0.05, 0.1) is 16.5 Å². The van der Waals surface area contributed by atoms with Crippen molar-refractivity contribution in [3.05, 3.63) is 64.2 Å². The maximum Gasteiger partial charge on any atom is 0.243 e. The number of carbonyl (C=O) groups excluding carboxylic acids is 1. The van der Waals surface area contributed by atoms with Crippen molar-refractivity contribution in [1.82, 2.24) is 9.62 Å². The van der Waals surface area contributed by atoms with Crippen LogP contribution < -0.4 is 5.32 Å². The molecule has 0 unspecified atom stereocenters. The lowest BCUT2D eigenvalue weighted by atomic mass is 9.96. The molecule has 1 aliphatic heterocycles. The Kier molecular flexibility index (Phi) is 7.14. The molecule has 6 nitrogen and oxygen atoms in total. The van der Waals surface area contributed by atoms with Crippen LogP contribution in [0.3, 0.4) is 0 Å². The summed E-state index contributed by atoms with van der Waals surface area (Å²) in [6, 6.07) is 12.2. The minimum atomic E-state index is -3.61. The zero-order valence-corrected chi connectivity index (χ0v) is 19.1. The highest BCUT2D eigenvalue weighted by Gasteiger charge is 2.32. The van der Waals surface area contributed by atoms with E-state index >= 15 is 0 Å². The van der Waals surface area contributed by atoms with Gasteiger partial charge in [0.2, 0.25) is 15.9 Å². The maximum absolute atomic E-state index is 12.8. The number of piperidine rings is 1. The highest BCUT2D eigenvalue weighted by Crippen LogP contribution is 2.24. The molecule has 1 N–H and O–H groups in total. The van der Waals surface area contributed by atoms with Gasteiger partial charge in [-0.15, -0.1) is 0 Å². The van der Waals surface area contributed by atoms with Crippen LogP contribution in [-0.4, -0.2) is 38.3 Å². The van der Waals surface area contributed by atoms with Crippen molar-refractivity contribution in [3.8, 4) is 6.07 Å². The standard InChI is InChI=1S/C24H29N3O3S/c1-17-14-18(2)23(19(3)15-17)8-11-26-24(28)21-9-12-27(13-10-21)31(29,30)22-6-4-20(16-25)5-7-22/h4-7,14-15,21H,8-13H2,1-3H3,(H,26,28). The monoisotopic (exact) mass is 439 g/mol. The van der Waals surface area contributed by atoms with Crippen LogP contribution in [0, 0.1) is 38.0 Å². The highest BCUT2D eigenvalue weighted by atomic mass is 32.2. The summed E-state index contributed by atoms with van der Waals surface area (Å²) in [6.07, 6.45) is 1.80. The third kappa shape index (κ3) is 5.33. The highest BCUT2D eigenvalue weighted by molar-refractivity contribution is 7.89. The third-order valence-electron chi connectivity index (χ3n) is 5.96. The molecule has 0 aliphatic carbocycles. The largest absolute Gasteiger partial charge is 0.356 e. The van der Waals surface area contributed by atoms with Crippen molar-refractivity contribution in [2.24, 2.45) is 5.92 Å². The van der Waals surface area contributed by atoms with Crippen molar-refractivity contribution >= 4 is 15.9 Å². The van der Waals surface area contributed by atoms with Gasteiger partial charge in [-0.2, -0.15) is 9.57 Å². The summed E-state index contributed by atoms with van der Waals surface area (Å²) in [7, 11) is -3.61. The summed E-state index contributed by atoms with van der Waals surface area (Å²) in [6.45, 7) is 7.49. The van der Waals surface area contributed by atoms with Crippen molar-refractivity contribution in [2.45, 2.75) is 44.9 Å². The third-order valence-corrected chi connectivity index (χ3v) is 7.87. The zero-order chi connectivity index (χ0) is 22.6. The van der Waals surface area contributed by atoms with Crippen molar-refractivity contribution in [3.63, 3.8) is 0 Å². The molecule has 1 heterocycles. The number of aryl methyl sites for hydroxylation is 3. The smallest absolute Gasteiger partial charge is 0.243 e. The van der Waals surface area contributed by atoms with E-state index < -0.39 is 10.0 Å². The molecule has 1 amide bonds. The number of hydrogen-bond acceptors (Lipinski definition) is 4. The molecule has 31 heavy (non-hydrogen) atoms. The normalized spacial score (nSPS) is 15.4. The number of nitrogens with zero attached hydrogens (tertiary/aromatic N) is 2. The molecule has 0 aromatic heterocycles. The Morgan fingerprint density at radius 3 is 2.23 bits per heavy atom. The molecule has 0 bridgehead atoms. The van der Waals surface area contributed by atoms with Crippen molar-refractivity contribution in [2.75, 3.05) is 19.6 Å². The van der Waals surface area contributed by atoms with E-state index in [0.29, 0.717) is 38.0 Å². The fourth-order valence-electron chi connectivity index (χ4n) is 4.27. The number of benzene rings is 2. The first-order valence-electron chi connectivity index (χ1n) is 10.6. The van der Waals surface area contributed by atoms with Gasteiger partial charge in [-0.1, -0.05) is 17.7 Å². The summed E-state index contributed by atoms with van der Waals surface area (Å²) < 4.78 is 27.1. The lowest BCUT2D eigenvalue weighted by molar-refractivity contribution is -0.126. The number of hydrogen-bond donors (Lipinski definition) is 1. The molecular weight excluding hydrogens is 410 g/mol. The average molecular weight is 440 g/mol. The Hall–Kier alpha value is -2.69. The Labute approximate surface area is 184 Å². The van der Waals surface area contributed by atoms with E-state index in [1.54, 1.807) is 0 Å². The first-order valence-corrected chi connectivity index (χ1v) is 12.0. The van der Waals surface area contributed by atoms with E-state index in [9.17, 15) is 13.2 Å². The number of nitrogens with one attached hydrogen (secondary N) is 1. The molecule has 0 atom stereocenters. The van der Waals surface area contributed by atoms with Crippen LogP contribution >= 0.6 is 0 Å². The molecule has 0 saturated carbocycles. The van der Waals surface area contributed by atoms with Gasteiger partial charge in [0, 0.05) is 25.6 Å². The quantitative estimate of drug-likeness (QED) is 0.748. The molecule has 164 valence electrons. The second kappa shape index (κ2) is 9.63. The Morgan fingerprint density at radius 1 is 1.10 bits per heavy atom. The molecule has 3 rings (SSSR count). The SMILES string of the molecule is Cc1cc(C)c(CCNC(=O)C2CCN(S(=O)(=O)c3ccc(C#N)cc3)CC2)c(C)c1. The topological polar surface area (TPSA) is 90.3 Å². The van der Waals surface area contributed by atoms with Crippen molar-refractivity contribution in [1.29, 1.82) is 5.26 Å². The number of rotatable bonds is 6. The summed E-state index contributed by atoms with van der Waals surface area (Å²) >= 11 is 0. The van der Waals surface area contributed by atoms with Crippen LogP contribution in [0.2, 0.25) is 0 Å². The molecule has 1 saturated heterocycles. The number of sulfonamides is 1. The molecular formula is C24H29N3O3S. The van der Waals surface area contributed by atoms with Crippen LogP contribution in [0.4, 0.5) is 0 Å². The van der Waals surface area contributed by atoms with Gasteiger partial charge >= 0.3 is 0 Å². The lowest BCUT2D eigenvalue weighted by Gasteiger charge is -2.30. The van der Waals surface area contributed by atoms with E-state index in [0.717, 1.165) is 6.42 Å². The zero-order valence-electron chi connectivity index (χ0n) is 18.3. The summed E-state index contributed by atoms with van der Waals surface area (Å²) in [4.78, 5) is 12.8. The van der Waals surface area contributed by atoms with Gasteiger partial charge in [-0.3, -0.25) is 4.79 Å². The van der Waals surface area contributed by atoms with Crippen LogP contribution in [0.1, 0.15) is 40.7 Å². The van der Waals surface area contributed by atoms with Gasteiger partial charge in [0.15, 0.2) is 0 Å². The minimum Gasteiger partial charge on any atom is -0.356 e. The molecule has 2 aromatic rings. The first-order chi connectivity index (χ1) is 14.7. The second-order valence-corrected chi connectivity index (χ2v) is 10.2. The first kappa shape index (κ1) is 23.0. The van der Waals surface area contributed by atoms with Crippen molar-refractivity contribution < 1.29 is 13.2 Å². The fraction of sp³-hybridized carbons (Fsp3) is 0.417. The summed E-state index contributed by atoms with van der Waals surface area (Å²) in [5.74, 6) is -0.175. The second-order valence-electron chi connectivity index (χ2n) is 8.23. The Bertz CT molecular complexity index is 1070. The Morgan fingerprint density at radius 2 is 1.68 bits per heavy atom. The molecule has 2 aromatic carbocycles. The van der Waals surface area contributed by atoms with Gasteiger partial charge in [-0.05, 0) is 81.0 Å². The summed E-state index contributed by atoms with van der Waals surface area (Å²) in [5, 5.41) is 11.9. The van der Waals surface area contributed by atoms with E-state index in [4.69, 9.17) is 5.26 Å². The minimum absolute atomic E-state index is 0.00200. The number of carbonyl (C=O) groups is 1. The maximum atomic E-state index is 12.8. The molecule has 1 aliphatic rings. The van der Waals surface area contributed by atoms with Gasteiger partial charge < -0.3 is 5.32 Å². The van der Waals surface area contributed by atoms with E-state index in [2.05, 4.69) is 38.2 Å². The molecule has 7 heteroatoms. The van der Waals surface area contributed by atoms with E-state index in [1.165, 1.54) is 50.8 Å². The lowest BCUT2D eigenvalue weighted by Crippen LogP contribution is -2.43. The van der Waals surface area contributed by atoms with Crippen LogP contribution in [-0.2, 0) is 21.2 Å². The van der Waals surface area contributed by atoms with Gasteiger partial charge in [0.1, 0.15) is 0 Å². The predicted octanol–water partition coefficient (Wildman–Crippen LogP) is 3.24. The summed E-state index contributed by atoms with van der Waals surface area (Å²) in [5.41, 5.74) is 5.42. The van der Waals surface area contributed by atoms with E-state index in [-0.39, 0.29) is 16.7 Å². The van der Waals surface area contributed by atoms with Gasteiger partial charge in [0.25, 0.3) is 0 Å². The Balaban J connectivity index is 1.52. The average Bonchev–Trinajstić information content (AvgIpc) is 2.75. The van der Waals surface area contributed by atoms with Crippen LogP contribution in [0.5, 0.6) is 0 Å². The fourth-order valence-corrected chi connectivity index (χ4v) is 5.74. The predicted molar refractivity (Wildman–Crippen MR) is 120 cm³/mol. The molecule has 0 radical (unpaired) electrons. The van der Waals surface area contributed by atoms with Crippen LogP contribution in [0.15, 0.2) is 41.3 Å². The molecule has 1 fully saturated rings. The van der Waals surface area contributed by atoms with Gasteiger partial charge in [-0.25, -0.2) is 8.42 Å². The van der Waals surface area contributed by atoms with E-state index in [1.807, 2.05) is 6.07 Å². The van der Waals surface area contributed by atoms with Crippen LogP contribution in [0.25, 0.3) is 0 Å².